The van der Waals surface area contributed by atoms with E-state index in [0.717, 1.165) is 38.0 Å². The van der Waals surface area contributed by atoms with Gasteiger partial charge in [-0.1, -0.05) is 18.2 Å². The molecule has 4 nitrogen and oxygen atoms in total. The molecular formula is C15H15N3O. The van der Waals surface area contributed by atoms with Crippen molar-refractivity contribution in [3.05, 3.63) is 47.3 Å². The molecule has 1 saturated heterocycles. The van der Waals surface area contributed by atoms with Crippen molar-refractivity contribution in [2.24, 2.45) is 0 Å². The van der Waals surface area contributed by atoms with Gasteiger partial charge in [-0.3, -0.25) is 4.79 Å². The van der Waals surface area contributed by atoms with Crippen molar-refractivity contribution in [3.63, 3.8) is 0 Å². The van der Waals surface area contributed by atoms with Crippen LogP contribution in [0.15, 0.2) is 30.3 Å². The number of amides is 1. The molecule has 1 fully saturated rings. The fraction of sp³-hybridized carbons (Fsp3) is 0.333. The largest absolute Gasteiger partial charge is 0.334 e. The maximum absolute atomic E-state index is 12.3. The zero-order valence-electron chi connectivity index (χ0n) is 10.7. The van der Waals surface area contributed by atoms with Crippen molar-refractivity contribution < 1.29 is 4.79 Å². The molecule has 1 aliphatic carbocycles. The summed E-state index contributed by atoms with van der Waals surface area (Å²) in [4.78, 5) is 14.1. The van der Waals surface area contributed by atoms with Crippen molar-refractivity contribution >= 4 is 5.91 Å². The maximum Gasteiger partial charge on any atom is 0.274 e. The fourth-order valence-corrected chi connectivity index (χ4v) is 2.79. The topological polar surface area (TPSA) is 37.9 Å². The molecule has 1 aromatic heterocycles. The van der Waals surface area contributed by atoms with Crippen molar-refractivity contribution in [1.29, 1.82) is 0 Å². The number of para-hydroxylation sites is 1. The fourth-order valence-electron chi connectivity index (χ4n) is 2.79. The molecule has 0 bridgehead atoms. The Bertz CT molecular complexity index is 641. The molecule has 1 aliphatic heterocycles. The normalized spacial score (nSPS) is 16.5. The van der Waals surface area contributed by atoms with E-state index in [4.69, 9.17) is 0 Å². The van der Waals surface area contributed by atoms with E-state index in [1.807, 2.05) is 39.9 Å². The molecule has 0 radical (unpaired) electrons. The molecule has 1 amide bonds. The first-order valence-electron chi connectivity index (χ1n) is 6.80. The number of fused-ring (bicyclic) bond motifs is 1. The molecule has 0 atom stereocenters. The van der Waals surface area contributed by atoms with Crippen LogP contribution in [0, 0.1) is 0 Å². The van der Waals surface area contributed by atoms with Crippen LogP contribution in [0.1, 0.15) is 28.2 Å². The predicted octanol–water partition coefficient (Wildman–Crippen LogP) is 1.82. The molecule has 0 spiro atoms. The van der Waals surface area contributed by atoms with E-state index in [2.05, 4.69) is 5.10 Å². The van der Waals surface area contributed by atoms with Gasteiger partial charge in [0.2, 0.25) is 0 Å². The van der Waals surface area contributed by atoms with Crippen molar-refractivity contribution in [2.45, 2.75) is 19.3 Å². The van der Waals surface area contributed by atoms with E-state index in [-0.39, 0.29) is 5.91 Å². The first-order chi connectivity index (χ1) is 9.34. The van der Waals surface area contributed by atoms with Crippen LogP contribution in [0.25, 0.3) is 5.69 Å². The molecule has 4 heteroatoms. The van der Waals surface area contributed by atoms with Crippen molar-refractivity contribution in [3.8, 4) is 5.69 Å². The molecule has 96 valence electrons. The third-order valence-corrected chi connectivity index (χ3v) is 3.87. The zero-order chi connectivity index (χ0) is 12.8. The lowest BCUT2D eigenvalue weighted by Crippen LogP contribution is -2.13. The molecule has 2 aliphatic rings. The highest BCUT2D eigenvalue weighted by Gasteiger charge is 2.33. The third kappa shape index (κ3) is 1.67. The Morgan fingerprint density at radius 2 is 1.89 bits per heavy atom. The van der Waals surface area contributed by atoms with Crippen LogP contribution in [0.3, 0.4) is 0 Å². The van der Waals surface area contributed by atoms with Gasteiger partial charge in [0.1, 0.15) is 0 Å². The van der Waals surface area contributed by atoms with Crippen LogP contribution >= 0.6 is 0 Å². The number of nitrogens with zero attached hydrogens (tertiary/aromatic N) is 3. The Morgan fingerprint density at radius 3 is 2.63 bits per heavy atom. The summed E-state index contributed by atoms with van der Waals surface area (Å²) < 4.78 is 1.96. The second kappa shape index (κ2) is 3.95. The smallest absolute Gasteiger partial charge is 0.274 e. The standard InChI is InChI=1S/C15H15N3O/c19-15(17-9-10-17)14-12-7-4-8-13(12)18(16-14)11-5-2-1-3-6-11/h1-3,5-6H,4,7-10H2. The van der Waals surface area contributed by atoms with E-state index in [0.29, 0.717) is 5.69 Å². The first kappa shape index (κ1) is 10.8. The molecule has 2 heterocycles. The highest BCUT2D eigenvalue weighted by atomic mass is 16.2. The van der Waals surface area contributed by atoms with Gasteiger partial charge in [0.05, 0.1) is 5.69 Å². The van der Waals surface area contributed by atoms with Gasteiger partial charge in [-0.25, -0.2) is 4.68 Å². The van der Waals surface area contributed by atoms with Gasteiger partial charge in [0, 0.05) is 24.3 Å². The maximum atomic E-state index is 12.3. The van der Waals surface area contributed by atoms with Crippen molar-refractivity contribution in [2.75, 3.05) is 13.1 Å². The summed E-state index contributed by atoms with van der Waals surface area (Å²) in [5, 5.41) is 4.59. The number of benzene rings is 1. The molecule has 0 saturated carbocycles. The quantitative estimate of drug-likeness (QED) is 0.766. The third-order valence-electron chi connectivity index (χ3n) is 3.87. The van der Waals surface area contributed by atoms with E-state index in [1.54, 1.807) is 0 Å². The Kier molecular flexibility index (Phi) is 2.24. The minimum absolute atomic E-state index is 0.104. The van der Waals surface area contributed by atoms with E-state index in [1.165, 1.54) is 11.3 Å². The Balaban J connectivity index is 1.84. The summed E-state index contributed by atoms with van der Waals surface area (Å²) in [6.07, 6.45) is 3.13. The number of hydrogen-bond acceptors (Lipinski definition) is 2. The van der Waals surface area contributed by atoms with E-state index >= 15 is 0 Å². The number of rotatable bonds is 2. The highest BCUT2D eigenvalue weighted by molar-refractivity contribution is 5.95. The zero-order valence-corrected chi connectivity index (χ0v) is 10.7. The van der Waals surface area contributed by atoms with Crippen LogP contribution in [-0.2, 0) is 12.8 Å². The average Bonchev–Trinajstić information content (AvgIpc) is 3.08. The summed E-state index contributed by atoms with van der Waals surface area (Å²) in [5.41, 5.74) is 4.11. The summed E-state index contributed by atoms with van der Waals surface area (Å²) in [6.45, 7) is 1.76. The number of carbonyl (C=O) groups excluding carboxylic acids is 1. The van der Waals surface area contributed by atoms with Gasteiger partial charge in [-0.15, -0.1) is 0 Å². The van der Waals surface area contributed by atoms with Crippen LogP contribution in [0.2, 0.25) is 0 Å². The van der Waals surface area contributed by atoms with Gasteiger partial charge in [0.15, 0.2) is 5.69 Å². The number of aromatic nitrogens is 2. The lowest BCUT2D eigenvalue weighted by Gasteiger charge is -2.04. The van der Waals surface area contributed by atoms with E-state index < -0.39 is 0 Å². The Morgan fingerprint density at radius 1 is 1.11 bits per heavy atom. The van der Waals surface area contributed by atoms with Crippen LogP contribution in [0.5, 0.6) is 0 Å². The monoisotopic (exact) mass is 253 g/mol. The molecule has 1 aromatic carbocycles. The molecule has 2 aromatic rings. The first-order valence-corrected chi connectivity index (χ1v) is 6.80. The summed E-state index contributed by atoms with van der Waals surface area (Å²) >= 11 is 0. The second-order valence-electron chi connectivity index (χ2n) is 5.17. The number of carbonyl (C=O) groups is 1. The Hall–Kier alpha value is -2.10. The minimum atomic E-state index is 0.104. The van der Waals surface area contributed by atoms with Gasteiger partial charge in [0.25, 0.3) is 5.91 Å². The molecule has 4 rings (SSSR count). The second-order valence-corrected chi connectivity index (χ2v) is 5.17. The van der Waals surface area contributed by atoms with Gasteiger partial charge in [-0.2, -0.15) is 5.10 Å². The summed E-state index contributed by atoms with van der Waals surface area (Å²) in [5.74, 6) is 0.104. The average molecular weight is 253 g/mol. The highest BCUT2D eigenvalue weighted by Crippen LogP contribution is 2.29. The lowest BCUT2D eigenvalue weighted by molar-refractivity contribution is 0.0878. The minimum Gasteiger partial charge on any atom is -0.334 e. The van der Waals surface area contributed by atoms with Crippen LogP contribution in [0.4, 0.5) is 0 Å². The molecule has 0 N–H and O–H groups in total. The molecule has 19 heavy (non-hydrogen) atoms. The SMILES string of the molecule is O=C(c1nn(-c2ccccc2)c2c1CCC2)N1CC1. The molecule has 0 unspecified atom stereocenters. The Labute approximate surface area is 111 Å². The predicted molar refractivity (Wildman–Crippen MR) is 71.5 cm³/mol. The van der Waals surface area contributed by atoms with Crippen LogP contribution < -0.4 is 0 Å². The van der Waals surface area contributed by atoms with Gasteiger partial charge < -0.3 is 4.90 Å². The van der Waals surface area contributed by atoms with E-state index in [9.17, 15) is 4.79 Å². The van der Waals surface area contributed by atoms with Crippen LogP contribution in [-0.4, -0.2) is 33.7 Å². The van der Waals surface area contributed by atoms with Gasteiger partial charge in [-0.05, 0) is 31.4 Å². The number of hydrogen-bond donors (Lipinski definition) is 0. The summed E-state index contributed by atoms with van der Waals surface area (Å²) in [6, 6.07) is 10.1. The van der Waals surface area contributed by atoms with Gasteiger partial charge >= 0.3 is 0 Å². The summed E-state index contributed by atoms with van der Waals surface area (Å²) in [7, 11) is 0. The molecular weight excluding hydrogens is 238 g/mol. The lowest BCUT2D eigenvalue weighted by atomic mass is 10.2. The van der Waals surface area contributed by atoms with Crippen molar-refractivity contribution in [1.82, 2.24) is 14.7 Å².